The number of aliphatic carboxylic acids is 1. The molecule has 2 N–H and O–H groups in total. The summed E-state index contributed by atoms with van der Waals surface area (Å²) in [6, 6.07) is -1.61. The minimum atomic E-state index is -1.03. The van der Waals surface area contributed by atoms with Gasteiger partial charge in [0, 0.05) is 4.75 Å². The maximum Gasteiger partial charge on any atom is 0.327 e. The Morgan fingerprint density at radius 2 is 1.91 bits per heavy atom. The molecule has 1 aliphatic carbocycles. The van der Waals surface area contributed by atoms with Crippen molar-refractivity contribution in [1.29, 1.82) is 0 Å². The number of ether oxygens (including phenoxy) is 1. The topological polar surface area (TPSA) is 95.9 Å². The summed E-state index contributed by atoms with van der Waals surface area (Å²) in [7, 11) is 0. The maximum absolute atomic E-state index is 13.8. The molecule has 8 heteroatoms. The van der Waals surface area contributed by atoms with Crippen LogP contribution in [0, 0.1) is 23.7 Å². The Morgan fingerprint density at radius 3 is 2.42 bits per heavy atom. The molecule has 33 heavy (non-hydrogen) atoms. The number of carbonyl (C=O) groups is 3. The molecule has 0 aromatic heterocycles. The largest absolute Gasteiger partial charge is 0.480 e. The summed E-state index contributed by atoms with van der Waals surface area (Å²) in [5.74, 6) is -0.219. The molecule has 3 aliphatic rings. The van der Waals surface area contributed by atoms with Crippen molar-refractivity contribution in [1.82, 2.24) is 10.2 Å². The third-order valence-electron chi connectivity index (χ3n) is 8.13. The fourth-order valence-corrected chi connectivity index (χ4v) is 7.66. The molecule has 2 amide bonds. The Hall–Kier alpha value is -1.28. The summed E-state index contributed by atoms with van der Waals surface area (Å²) in [6.45, 7) is 16.3. The summed E-state index contributed by atoms with van der Waals surface area (Å²) in [4.78, 5) is 39.9. The lowest BCUT2D eigenvalue weighted by atomic mass is 9.74. The van der Waals surface area contributed by atoms with Crippen molar-refractivity contribution in [2.24, 2.45) is 23.7 Å². The molecule has 0 unspecified atom stereocenters. The van der Waals surface area contributed by atoms with E-state index in [-0.39, 0.29) is 29.2 Å². The van der Waals surface area contributed by atoms with Crippen LogP contribution in [0.15, 0.2) is 0 Å². The highest BCUT2D eigenvalue weighted by atomic mass is 32.2. The minimum Gasteiger partial charge on any atom is -0.480 e. The molecule has 0 spiro atoms. The highest BCUT2D eigenvalue weighted by Gasteiger charge is 2.64. The summed E-state index contributed by atoms with van der Waals surface area (Å²) >= 11 is 1.44. The molecule has 0 aromatic rings. The average molecular weight is 483 g/mol. The Bertz CT molecular complexity index is 785. The van der Waals surface area contributed by atoms with Gasteiger partial charge in [-0.2, -0.15) is 0 Å². The molecule has 2 saturated heterocycles. The van der Waals surface area contributed by atoms with Gasteiger partial charge < -0.3 is 20.1 Å². The second kappa shape index (κ2) is 9.40. The van der Waals surface area contributed by atoms with Crippen molar-refractivity contribution in [2.45, 2.75) is 115 Å². The Balaban J connectivity index is 1.81. The molecule has 1 saturated carbocycles. The van der Waals surface area contributed by atoms with Gasteiger partial charge in [0.15, 0.2) is 0 Å². The van der Waals surface area contributed by atoms with Crippen LogP contribution in [0.25, 0.3) is 0 Å². The lowest BCUT2D eigenvalue weighted by molar-refractivity contribution is -0.184. The van der Waals surface area contributed by atoms with E-state index in [0.717, 1.165) is 12.8 Å². The lowest BCUT2D eigenvalue weighted by Crippen LogP contribution is -2.72. The number of rotatable bonds is 8. The van der Waals surface area contributed by atoms with E-state index < -0.39 is 28.4 Å². The quantitative estimate of drug-likeness (QED) is 0.510. The summed E-state index contributed by atoms with van der Waals surface area (Å²) < 4.78 is 6.15. The molecule has 0 aromatic carbocycles. The van der Waals surface area contributed by atoms with Crippen LogP contribution in [-0.2, 0) is 19.1 Å². The number of thioether (sulfide) groups is 1. The normalized spacial score (nSPS) is 35.2. The molecule has 7 nitrogen and oxygen atoms in total. The summed E-state index contributed by atoms with van der Waals surface area (Å²) in [5, 5.41) is 12.3. The number of fused-ring (bicyclic) bond motifs is 1. The number of carboxylic acid groups (broad SMARTS) is 1. The summed E-state index contributed by atoms with van der Waals surface area (Å²) in [5.41, 5.74) is -1.03. The Morgan fingerprint density at radius 1 is 1.27 bits per heavy atom. The van der Waals surface area contributed by atoms with E-state index in [2.05, 4.69) is 26.1 Å². The number of carboxylic acids is 1. The van der Waals surface area contributed by atoms with Crippen molar-refractivity contribution in [3.63, 3.8) is 0 Å². The number of hydrogen-bond donors (Lipinski definition) is 2. The maximum atomic E-state index is 13.8. The highest BCUT2D eigenvalue weighted by molar-refractivity contribution is 8.01. The zero-order chi connectivity index (χ0) is 24.9. The molecule has 7 atom stereocenters. The molecule has 2 heterocycles. The van der Waals surface area contributed by atoms with Gasteiger partial charge >= 0.3 is 5.97 Å². The molecule has 2 aliphatic heterocycles. The van der Waals surface area contributed by atoms with Crippen LogP contribution in [0.4, 0.5) is 0 Å². The lowest BCUT2D eigenvalue weighted by Gasteiger charge is -2.47. The fraction of sp³-hybridized carbons (Fsp3) is 0.880. The number of nitrogens with zero attached hydrogens (tertiary/aromatic N) is 1. The van der Waals surface area contributed by atoms with E-state index in [1.54, 1.807) is 0 Å². The van der Waals surface area contributed by atoms with Crippen LogP contribution in [0.5, 0.6) is 0 Å². The smallest absolute Gasteiger partial charge is 0.327 e. The van der Waals surface area contributed by atoms with Crippen molar-refractivity contribution in [3.05, 3.63) is 0 Å². The monoisotopic (exact) mass is 482 g/mol. The van der Waals surface area contributed by atoms with E-state index in [9.17, 15) is 19.5 Å². The third-order valence-corrected chi connectivity index (χ3v) is 9.70. The molecule has 3 fully saturated rings. The number of β-lactam (4-membered cyclic amide) rings is 1. The standard InChI is InChI=1S/C25H42N2O5S/c1-9-25(14(4)5,32-17-12-15(6)10-11-16(17)13(2)3)23(31)26-18-20(28)27-19(22(29)30)24(7,8)33-21(18)27/h13-19,21H,9-12H2,1-8H3,(H,26,31)(H,29,30)/t15-,16+,17+,18-,19-,21+,25+/m0/s1. The third kappa shape index (κ3) is 4.54. The van der Waals surface area contributed by atoms with Crippen LogP contribution in [-0.4, -0.2) is 61.7 Å². The van der Waals surface area contributed by atoms with E-state index in [1.807, 2.05) is 34.6 Å². The predicted octanol–water partition coefficient (Wildman–Crippen LogP) is 3.90. The van der Waals surface area contributed by atoms with E-state index in [0.29, 0.717) is 24.2 Å². The molecule has 0 radical (unpaired) electrons. The number of hydrogen-bond acceptors (Lipinski definition) is 5. The molecule has 188 valence electrons. The molecular weight excluding hydrogens is 440 g/mol. The average Bonchev–Trinajstić information content (AvgIpc) is 2.97. The fourth-order valence-electron chi connectivity index (χ4n) is 6.03. The van der Waals surface area contributed by atoms with Crippen LogP contribution in [0.2, 0.25) is 0 Å². The van der Waals surface area contributed by atoms with E-state index in [4.69, 9.17) is 4.74 Å². The van der Waals surface area contributed by atoms with Gasteiger partial charge in [-0.25, -0.2) is 4.79 Å². The molecular formula is C25H42N2O5S. The minimum absolute atomic E-state index is 0.00613. The van der Waals surface area contributed by atoms with Crippen molar-refractivity contribution in [3.8, 4) is 0 Å². The molecule has 3 rings (SSSR count). The van der Waals surface area contributed by atoms with E-state index in [1.165, 1.54) is 23.1 Å². The van der Waals surface area contributed by atoms with Gasteiger partial charge in [-0.3, -0.25) is 9.59 Å². The first kappa shape index (κ1) is 26.3. The van der Waals surface area contributed by atoms with Crippen LogP contribution < -0.4 is 5.32 Å². The van der Waals surface area contributed by atoms with Gasteiger partial charge in [0.1, 0.15) is 23.1 Å². The Labute approximate surface area is 202 Å². The first-order valence-electron chi connectivity index (χ1n) is 12.5. The van der Waals surface area contributed by atoms with Gasteiger partial charge in [-0.1, -0.05) is 48.0 Å². The Kier molecular flexibility index (Phi) is 7.50. The second-order valence-corrected chi connectivity index (χ2v) is 13.2. The van der Waals surface area contributed by atoms with E-state index >= 15 is 0 Å². The van der Waals surface area contributed by atoms with Crippen LogP contribution >= 0.6 is 11.8 Å². The van der Waals surface area contributed by atoms with Crippen molar-refractivity contribution in [2.75, 3.05) is 0 Å². The SMILES string of the molecule is CC[C@](O[C@@H]1C[C@@H](C)CC[C@@H]1C(C)C)(C(=O)N[C@H]1C(=O)N2[C@@H]1SC(C)(C)[C@@H]2C(=O)O)C(C)C. The van der Waals surface area contributed by atoms with Crippen molar-refractivity contribution >= 4 is 29.5 Å². The number of carbonyl (C=O) groups excluding carboxylic acids is 2. The second-order valence-electron chi connectivity index (χ2n) is 11.4. The summed E-state index contributed by atoms with van der Waals surface area (Å²) in [6.07, 6.45) is 3.74. The number of nitrogens with one attached hydrogen (secondary N) is 1. The van der Waals surface area contributed by atoms with Gasteiger partial charge in [0.2, 0.25) is 5.91 Å². The zero-order valence-electron chi connectivity index (χ0n) is 21.4. The number of amides is 2. The predicted molar refractivity (Wildman–Crippen MR) is 130 cm³/mol. The highest BCUT2D eigenvalue weighted by Crippen LogP contribution is 2.51. The molecule has 0 bridgehead atoms. The van der Waals surface area contributed by atoms with Gasteiger partial charge in [-0.05, 0) is 56.8 Å². The van der Waals surface area contributed by atoms with Crippen molar-refractivity contribution < 1.29 is 24.2 Å². The first-order valence-corrected chi connectivity index (χ1v) is 13.4. The first-order chi connectivity index (χ1) is 15.3. The zero-order valence-corrected chi connectivity index (χ0v) is 22.2. The van der Waals surface area contributed by atoms with Gasteiger partial charge in [0.25, 0.3) is 5.91 Å². The van der Waals surface area contributed by atoms with Gasteiger partial charge in [0.05, 0.1) is 6.10 Å². The van der Waals surface area contributed by atoms with Gasteiger partial charge in [-0.15, -0.1) is 11.8 Å². The van der Waals surface area contributed by atoms with Crippen LogP contribution in [0.1, 0.15) is 81.1 Å². The van der Waals surface area contributed by atoms with Crippen LogP contribution in [0.3, 0.4) is 0 Å².